The molecule has 5 aliphatic rings. The maximum absolute atomic E-state index is 13.0. The Labute approximate surface area is 214 Å². The predicted octanol–water partition coefficient (Wildman–Crippen LogP) is 3.39. The number of rotatable bonds is 10. The first kappa shape index (κ1) is 25.5. The van der Waals surface area contributed by atoms with Gasteiger partial charge in [-0.3, -0.25) is 4.79 Å². The minimum atomic E-state index is -0.967. The van der Waals surface area contributed by atoms with E-state index in [1.807, 2.05) is 0 Å². The summed E-state index contributed by atoms with van der Waals surface area (Å²) < 4.78 is 6.12. The number of ether oxygens (including phenoxy) is 1. The predicted molar refractivity (Wildman–Crippen MR) is 138 cm³/mol. The molecule has 4 fully saturated rings. The van der Waals surface area contributed by atoms with E-state index in [0.717, 1.165) is 108 Å². The Morgan fingerprint density at radius 3 is 2.78 bits per heavy atom. The van der Waals surface area contributed by atoms with E-state index in [0.29, 0.717) is 13.0 Å². The Morgan fingerprint density at radius 1 is 1.19 bits per heavy atom. The number of carbonyl (C=O) groups excluding carboxylic acids is 1. The van der Waals surface area contributed by atoms with Gasteiger partial charge in [0.25, 0.3) is 0 Å². The molecule has 3 N–H and O–H groups in total. The number of aromatic nitrogens is 1. The molecule has 0 spiro atoms. The Bertz CT molecular complexity index is 916. The van der Waals surface area contributed by atoms with Crippen molar-refractivity contribution in [2.45, 2.75) is 89.2 Å². The van der Waals surface area contributed by atoms with Gasteiger partial charge in [-0.05, 0) is 88.3 Å². The summed E-state index contributed by atoms with van der Waals surface area (Å²) >= 11 is 0. The van der Waals surface area contributed by atoms with E-state index in [9.17, 15) is 14.7 Å². The first-order valence-electron chi connectivity index (χ1n) is 14.1. The van der Waals surface area contributed by atoms with Gasteiger partial charge in [-0.1, -0.05) is 6.07 Å². The highest BCUT2D eigenvalue weighted by Gasteiger charge is 2.46. The summed E-state index contributed by atoms with van der Waals surface area (Å²) in [7, 11) is 0. The molecule has 8 heteroatoms. The fourth-order valence-corrected chi connectivity index (χ4v) is 6.64. The van der Waals surface area contributed by atoms with Crippen molar-refractivity contribution in [3.8, 4) is 0 Å². The number of fused-ring (bicyclic) bond motifs is 4. The van der Waals surface area contributed by atoms with Crippen molar-refractivity contribution >= 4 is 17.7 Å². The quantitative estimate of drug-likeness (QED) is 0.454. The van der Waals surface area contributed by atoms with Crippen LogP contribution in [0, 0.1) is 11.3 Å². The number of piperidine rings is 1. The second-order valence-electron chi connectivity index (χ2n) is 11.4. The van der Waals surface area contributed by atoms with Crippen LogP contribution < -0.4 is 10.6 Å². The van der Waals surface area contributed by atoms with E-state index in [1.54, 1.807) is 0 Å². The molecule has 2 atom stereocenters. The van der Waals surface area contributed by atoms with Gasteiger partial charge in [0.1, 0.15) is 11.9 Å². The molecular weight excluding hydrogens is 456 g/mol. The zero-order chi connectivity index (χ0) is 25.0. The first-order valence-corrected chi connectivity index (χ1v) is 14.1. The number of hydrogen-bond acceptors (Lipinski definition) is 6. The third kappa shape index (κ3) is 6.02. The number of likely N-dealkylation sites (tertiary alicyclic amines) is 1. The Hall–Kier alpha value is -2.19. The van der Waals surface area contributed by atoms with Crippen LogP contribution in [0.2, 0.25) is 0 Å². The maximum Gasteiger partial charge on any atom is 0.326 e. The molecule has 3 saturated carbocycles. The fraction of sp³-hybridized carbons (Fsp3) is 0.750. The summed E-state index contributed by atoms with van der Waals surface area (Å²) in [6, 6.07) is 3.49. The van der Waals surface area contributed by atoms with E-state index < -0.39 is 12.0 Å². The number of hydrogen-bond donors (Lipinski definition) is 3. The highest BCUT2D eigenvalue weighted by molar-refractivity contribution is 5.87. The zero-order valence-electron chi connectivity index (χ0n) is 21.5. The highest BCUT2D eigenvalue weighted by Crippen LogP contribution is 2.50. The Morgan fingerprint density at radius 2 is 2.00 bits per heavy atom. The molecule has 6 rings (SSSR count). The molecule has 198 valence electrons. The molecule has 1 amide bonds. The number of nitrogens with one attached hydrogen (secondary N) is 2. The molecule has 8 nitrogen and oxygen atoms in total. The summed E-state index contributed by atoms with van der Waals surface area (Å²) in [5, 5.41) is 16.0. The van der Waals surface area contributed by atoms with Gasteiger partial charge in [0.15, 0.2) is 0 Å². The average molecular weight is 499 g/mol. The van der Waals surface area contributed by atoms with Gasteiger partial charge in [0.05, 0.1) is 6.10 Å². The number of carboxylic acid groups (broad SMARTS) is 1. The number of pyridine rings is 1. The van der Waals surface area contributed by atoms with E-state index >= 15 is 0 Å². The number of nitrogens with zero attached hydrogens (tertiary/aromatic N) is 2. The summed E-state index contributed by atoms with van der Waals surface area (Å²) in [6.07, 6.45) is 11.7. The number of amides is 1. The van der Waals surface area contributed by atoms with Crippen molar-refractivity contribution in [2.75, 3.05) is 38.1 Å². The third-order valence-electron chi connectivity index (χ3n) is 9.04. The molecule has 0 radical (unpaired) electrons. The number of carbonyl (C=O) groups is 2. The third-order valence-corrected chi connectivity index (χ3v) is 9.04. The molecular formula is C28H42N4O4. The minimum absolute atomic E-state index is 0.0529. The number of aliphatic carboxylic acids is 1. The smallest absolute Gasteiger partial charge is 0.326 e. The van der Waals surface area contributed by atoms with Gasteiger partial charge in [0.2, 0.25) is 5.91 Å². The van der Waals surface area contributed by atoms with Crippen LogP contribution in [0.5, 0.6) is 0 Å². The first-order chi connectivity index (χ1) is 17.5. The van der Waals surface area contributed by atoms with E-state index in [-0.39, 0.29) is 17.4 Å². The molecule has 0 aromatic carbocycles. The minimum Gasteiger partial charge on any atom is -0.480 e. The van der Waals surface area contributed by atoms with Crippen LogP contribution in [-0.2, 0) is 27.2 Å². The van der Waals surface area contributed by atoms with Crippen molar-refractivity contribution in [3.63, 3.8) is 0 Å². The van der Waals surface area contributed by atoms with Crippen molar-refractivity contribution < 1.29 is 19.4 Å². The lowest BCUT2D eigenvalue weighted by Gasteiger charge is -2.45. The monoisotopic (exact) mass is 498 g/mol. The molecule has 2 aliphatic heterocycles. The van der Waals surface area contributed by atoms with E-state index in [2.05, 4.69) is 27.7 Å². The Balaban J connectivity index is 1.05. The van der Waals surface area contributed by atoms with E-state index in [1.165, 1.54) is 12.0 Å². The average Bonchev–Trinajstić information content (AvgIpc) is 2.92. The van der Waals surface area contributed by atoms with Crippen LogP contribution in [0.1, 0.15) is 75.5 Å². The molecule has 1 aromatic heterocycles. The molecule has 2 bridgehead atoms. The van der Waals surface area contributed by atoms with Crippen molar-refractivity contribution in [1.29, 1.82) is 0 Å². The van der Waals surface area contributed by atoms with Gasteiger partial charge in [-0.25, -0.2) is 9.78 Å². The highest BCUT2D eigenvalue weighted by atomic mass is 16.5. The van der Waals surface area contributed by atoms with Crippen molar-refractivity contribution in [2.24, 2.45) is 11.3 Å². The molecule has 0 unspecified atom stereocenters. The van der Waals surface area contributed by atoms with Crippen LogP contribution in [0.15, 0.2) is 12.1 Å². The second-order valence-corrected chi connectivity index (χ2v) is 11.4. The Kier molecular flexibility index (Phi) is 8.11. The lowest BCUT2D eigenvalue weighted by atomic mass is 9.60. The fourth-order valence-electron chi connectivity index (χ4n) is 6.64. The largest absolute Gasteiger partial charge is 0.480 e. The molecule has 3 heterocycles. The summed E-state index contributed by atoms with van der Waals surface area (Å²) in [4.78, 5) is 32.2. The zero-order valence-corrected chi connectivity index (χ0v) is 21.5. The van der Waals surface area contributed by atoms with Crippen LogP contribution >= 0.6 is 0 Å². The normalized spacial score (nSPS) is 28.7. The topological polar surface area (TPSA) is 104 Å². The van der Waals surface area contributed by atoms with Crippen LogP contribution in [0.3, 0.4) is 0 Å². The second kappa shape index (κ2) is 11.5. The van der Waals surface area contributed by atoms with Gasteiger partial charge in [-0.2, -0.15) is 0 Å². The molecule has 1 saturated heterocycles. The summed E-state index contributed by atoms with van der Waals surface area (Å²) in [5.41, 5.74) is 2.10. The number of anilines is 1. The summed E-state index contributed by atoms with van der Waals surface area (Å²) in [6.45, 7) is 4.21. The van der Waals surface area contributed by atoms with Crippen LogP contribution in [-0.4, -0.2) is 71.8 Å². The van der Waals surface area contributed by atoms with E-state index in [4.69, 9.17) is 9.72 Å². The number of carboxylic acids is 1. The maximum atomic E-state index is 13.0. The van der Waals surface area contributed by atoms with Crippen LogP contribution in [0.25, 0.3) is 0 Å². The van der Waals surface area contributed by atoms with Gasteiger partial charge < -0.3 is 25.4 Å². The summed E-state index contributed by atoms with van der Waals surface area (Å²) in [5.74, 6) is 0.798. The molecule has 3 aliphatic carbocycles. The standard InChI is InChI=1S/C28H42N4O4/c33-26(34)24(31-27(35)28-12-7-20(8-13-28)9-14-28)11-18-36-23-4-2-16-32(19-23)17-10-22-6-5-21-3-1-15-29-25(21)30-22/h5-6,20,23-24H,1-4,7-19H2,(H,29,30)(H,31,35)(H,33,34)/t20?,23-,24-,28?/m1/s1. The van der Waals surface area contributed by atoms with Gasteiger partial charge in [0, 0.05) is 50.2 Å². The number of aryl methyl sites for hydroxylation is 1. The molecule has 36 heavy (non-hydrogen) atoms. The van der Waals surface area contributed by atoms with Gasteiger partial charge >= 0.3 is 5.97 Å². The SMILES string of the molecule is O=C(O)[C@@H](CCO[C@@H]1CCCN(CCc2ccc3c(n2)NCCC3)C1)NC(=O)C12CCC(CC1)CC2. The van der Waals surface area contributed by atoms with Crippen LogP contribution in [0.4, 0.5) is 5.82 Å². The van der Waals surface area contributed by atoms with Gasteiger partial charge in [-0.15, -0.1) is 0 Å². The van der Waals surface area contributed by atoms with Crippen molar-refractivity contribution in [3.05, 3.63) is 23.4 Å². The molecule has 1 aromatic rings. The van der Waals surface area contributed by atoms with Crippen molar-refractivity contribution in [1.82, 2.24) is 15.2 Å². The lowest BCUT2D eigenvalue weighted by Crippen LogP contribution is -2.52. The lowest BCUT2D eigenvalue weighted by molar-refractivity contribution is -0.147.